The van der Waals surface area contributed by atoms with Crippen molar-refractivity contribution in [2.24, 2.45) is 0 Å². The molecule has 116 valence electrons. The number of Topliss-reactive ketones (excluding diaryl/α,β-unsaturated/α-hetero) is 1. The van der Waals surface area contributed by atoms with Crippen LogP contribution in [0.4, 0.5) is 0 Å². The molecule has 0 radical (unpaired) electrons. The monoisotopic (exact) mass is 305 g/mol. The molecule has 0 saturated carbocycles. The SMILES string of the molecule is CCc1cc(CO)cc(C(=O)Cc2ccc3cnccc3c2)c1. The van der Waals surface area contributed by atoms with E-state index in [1.807, 2.05) is 49.5 Å². The topological polar surface area (TPSA) is 50.2 Å². The van der Waals surface area contributed by atoms with Crippen LogP contribution in [-0.2, 0) is 19.4 Å². The average Bonchev–Trinajstić information content (AvgIpc) is 2.61. The summed E-state index contributed by atoms with van der Waals surface area (Å²) < 4.78 is 0. The van der Waals surface area contributed by atoms with Crippen LogP contribution in [0.1, 0.15) is 34.0 Å². The molecular formula is C20H19NO2. The Balaban J connectivity index is 1.88. The highest BCUT2D eigenvalue weighted by atomic mass is 16.3. The van der Waals surface area contributed by atoms with Gasteiger partial charge in [0.1, 0.15) is 0 Å². The van der Waals surface area contributed by atoms with E-state index >= 15 is 0 Å². The highest BCUT2D eigenvalue weighted by Crippen LogP contribution is 2.18. The van der Waals surface area contributed by atoms with E-state index in [0.29, 0.717) is 12.0 Å². The van der Waals surface area contributed by atoms with Crippen molar-refractivity contribution in [1.29, 1.82) is 0 Å². The highest BCUT2D eigenvalue weighted by molar-refractivity contribution is 5.98. The third-order valence-corrected chi connectivity index (χ3v) is 4.04. The fourth-order valence-electron chi connectivity index (χ4n) is 2.75. The molecule has 0 spiro atoms. The number of aliphatic hydroxyl groups is 1. The molecule has 0 aliphatic rings. The van der Waals surface area contributed by atoms with Crippen LogP contribution in [0.2, 0.25) is 0 Å². The largest absolute Gasteiger partial charge is 0.392 e. The number of benzene rings is 2. The van der Waals surface area contributed by atoms with Crippen molar-refractivity contribution in [1.82, 2.24) is 4.98 Å². The Morgan fingerprint density at radius 3 is 2.61 bits per heavy atom. The molecule has 0 unspecified atom stereocenters. The van der Waals surface area contributed by atoms with E-state index in [0.717, 1.165) is 33.9 Å². The van der Waals surface area contributed by atoms with Gasteiger partial charge in [-0.05, 0) is 46.7 Å². The molecule has 0 fully saturated rings. The number of fused-ring (bicyclic) bond motifs is 1. The van der Waals surface area contributed by atoms with Crippen molar-refractivity contribution in [2.45, 2.75) is 26.4 Å². The molecule has 0 atom stereocenters. The molecule has 0 amide bonds. The molecule has 1 heterocycles. The normalized spacial score (nSPS) is 10.9. The van der Waals surface area contributed by atoms with E-state index in [-0.39, 0.29) is 12.4 Å². The number of rotatable bonds is 5. The van der Waals surface area contributed by atoms with Gasteiger partial charge in [0.05, 0.1) is 6.61 Å². The van der Waals surface area contributed by atoms with Crippen LogP contribution in [0.3, 0.4) is 0 Å². The summed E-state index contributed by atoms with van der Waals surface area (Å²) in [5.41, 5.74) is 3.52. The first-order valence-corrected chi connectivity index (χ1v) is 7.79. The lowest BCUT2D eigenvalue weighted by Gasteiger charge is -2.08. The number of aromatic nitrogens is 1. The second-order valence-electron chi connectivity index (χ2n) is 5.71. The van der Waals surface area contributed by atoms with Crippen LogP contribution in [0.5, 0.6) is 0 Å². The Labute approximate surface area is 135 Å². The van der Waals surface area contributed by atoms with E-state index in [9.17, 15) is 9.90 Å². The molecule has 23 heavy (non-hydrogen) atoms. The number of nitrogens with zero attached hydrogens (tertiary/aromatic N) is 1. The van der Waals surface area contributed by atoms with E-state index in [1.165, 1.54) is 0 Å². The first-order valence-electron chi connectivity index (χ1n) is 7.79. The number of pyridine rings is 1. The van der Waals surface area contributed by atoms with Gasteiger partial charge in [-0.1, -0.05) is 31.2 Å². The molecule has 0 aliphatic carbocycles. The summed E-state index contributed by atoms with van der Waals surface area (Å²) in [7, 11) is 0. The fraction of sp³-hybridized carbons (Fsp3) is 0.200. The molecular weight excluding hydrogens is 286 g/mol. The summed E-state index contributed by atoms with van der Waals surface area (Å²) in [5.74, 6) is 0.0726. The minimum atomic E-state index is -0.0445. The van der Waals surface area contributed by atoms with Crippen molar-refractivity contribution in [3.05, 3.63) is 77.1 Å². The zero-order chi connectivity index (χ0) is 16.2. The maximum atomic E-state index is 12.6. The minimum Gasteiger partial charge on any atom is -0.392 e. The summed E-state index contributed by atoms with van der Waals surface area (Å²) in [4.78, 5) is 16.7. The number of hydrogen-bond acceptors (Lipinski definition) is 3. The van der Waals surface area contributed by atoms with Gasteiger partial charge >= 0.3 is 0 Å². The van der Waals surface area contributed by atoms with Crippen LogP contribution in [0.25, 0.3) is 10.8 Å². The van der Waals surface area contributed by atoms with Crippen molar-refractivity contribution in [3.63, 3.8) is 0 Å². The number of aryl methyl sites for hydroxylation is 1. The molecule has 2 aromatic carbocycles. The van der Waals surface area contributed by atoms with Gasteiger partial charge in [0.25, 0.3) is 0 Å². The van der Waals surface area contributed by atoms with Crippen LogP contribution in [0, 0.1) is 0 Å². The summed E-state index contributed by atoms with van der Waals surface area (Å²) in [6.45, 7) is 2.00. The van der Waals surface area contributed by atoms with Crippen molar-refractivity contribution >= 4 is 16.6 Å². The van der Waals surface area contributed by atoms with Crippen molar-refractivity contribution in [3.8, 4) is 0 Å². The third-order valence-electron chi connectivity index (χ3n) is 4.04. The zero-order valence-electron chi connectivity index (χ0n) is 13.1. The Kier molecular flexibility index (Phi) is 4.49. The lowest BCUT2D eigenvalue weighted by atomic mass is 9.97. The summed E-state index contributed by atoms with van der Waals surface area (Å²) >= 11 is 0. The molecule has 1 aromatic heterocycles. The van der Waals surface area contributed by atoms with Gasteiger partial charge in [-0.15, -0.1) is 0 Å². The lowest BCUT2D eigenvalue weighted by molar-refractivity contribution is 0.0992. The summed E-state index contributed by atoms with van der Waals surface area (Å²) in [6.07, 6.45) is 4.78. The van der Waals surface area contributed by atoms with E-state index in [4.69, 9.17) is 0 Å². The summed E-state index contributed by atoms with van der Waals surface area (Å²) in [5, 5.41) is 11.5. The van der Waals surface area contributed by atoms with Gasteiger partial charge in [-0.3, -0.25) is 9.78 Å². The average molecular weight is 305 g/mol. The van der Waals surface area contributed by atoms with Crippen molar-refractivity contribution in [2.75, 3.05) is 0 Å². The molecule has 3 nitrogen and oxygen atoms in total. The van der Waals surface area contributed by atoms with Crippen LogP contribution < -0.4 is 0 Å². The van der Waals surface area contributed by atoms with E-state index in [2.05, 4.69) is 4.98 Å². The second-order valence-corrected chi connectivity index (χ2v) is 5.71. The lowest BCUT2D eigenvalue weighted by Crippen LogP contribution is -2.05. The van der Waals surface area contributed by atoms with Gasteiger partial charge in [0, 0.05) is 29.8 Å². The van der Waals surface area contributed by atoms with Crippen LogP contribution >= 0.6 is 0 Å². The van der Waals surface area contributed by atoms with Gasteiger partial charge in [0.2, 0.25) is 0 Å². The first-order chi connectivity index (χ1) is 11.2. The van der Waals surface area contributed by atoms with Crippen LogP contribution in [0.15, 0.2) is 54.9 Å². The number of carbonyl (C=O) groups is 1. The Morgan fingerprint density at radius 2 is 1.83 bits per heavy atom. The van der Waals surface area contributed by atoms with Crippen molar-refractivity contribution < 1.29 is 9.90 Å². The number of ketones is 1. The van der Waals surface area contributed by atoms with Gasteiger partial charge < -0.3 is 5.11 Å². The van der Waals surface area contributed by atoms with E-state index < -0.39 is 0 Å². The van der Waals surface area contributed by atoms with Gasteiger partial charge in [-0.25, -0.2) is 0 Å². The predicted molar refractivity (Wildman–Crippen MR) is 91.5 cm³/mol. The smallest absolute Gasteiger partial charge is 0.167 e. The third kappa shape index (κ3) is 3.46. The van der Waals surface area contributed by atoms with Crippen LogP contribution in [-0.4, -0.2) is 15.9 Å². The Bertz CT molecular complexity index is 833. The number of carbonyl (C=O) groups excluding carboxylic acids is 1. The highest BCUT2D eigenvalue weighted by Gasteiger charge is 2.10. The molecule has 0 saturated heterocycles. The molecule has 1 N–H and O–H groups in total. The Hall–Kier alpha value is -2.52. The Morgan fingerprint density at radius 1 is 1.00 bits per heavy atom. The van der Waals surface area contributed by atoms with E-state index in [1.54, 1.807) is 12.3 Å². The fourth-order valence-corrected chi connectivity index (χ4v) is 2.75. The molecule has 0 aliphatic heterocycles. The number of hydrogen-bond donors (Lipinski definition) is 1. The summed E-state index contributed by atoms with van der Waals surface area (Å²) in [6, 6.07) is 13.6. The maximum absolute atomic E-state index is 12.6. The zero-order valence-corrected chi connectivity index (χ0v) is 13.1. The first kappa shape index (κ1) is 15.4. The predicted octanol–water partition coefficient (Wildman–Crippen LogP) is 3.71. The quantitative estimate of drug-likeness (QED) is 0.731. The second kappa shape index (κ2) is 6.71. The minimum absolute atomic E-state index is 0.0445. The number of aliphatic hydroxyl groups excluding tert-OH is 1. The van der Waals surface area contributed by atoms with Gasteiger partial charge in [0.15, 0.2) is 5.78 Å². The van der Waals surface area contributed by atoms with Gasteiger partial charge in [-0.2, -0.15) is 0 Å². The molecule has 3 aromatic rings. The molecule has 3 heteroatoms. The molecule has 0 bridgehead atoms. The standard InChI is InChI=1S/C20H19NO2/c1-2-14-7-16(13-22)10-19(8-14)20(23)11-15-3-4-18-12-21-6-5-17(18)9-15/h3-10,12,22H,2,11,13H2,1H3. The maximum Gasteiger partial charge on any atom is 0.167 e. The molecule has 3 rings (SSSR count).